The van der Waals surface area contributed by atoms with Crippen LogP contribution in [0.25, 0.3) is 10.9 Å². The van der Waals surface area contributed by atoms with Crippen LogP contribution in [0.3, 0.4) is 0 Å². The Hall–Kier alpha value is -3.27. The van der Waals surface area contributed by atoms with Gasteiger partial charge >= 0.3 is 5.97 Å². The van der Waals surface area contributed by atoms with Gasteiger partial charge in [0, 0.05) is 50.9 Å². The molecule has 2 aliphatic heterocycles. The summed E-state index contributed by atoms with van der Waals surface area (Å²) in [5, 5.41) is 9.32. The number of carboxylic acid groups (broad SMARTS) is 1. The molecule has 0 unspecified atom stereocenters. The monoisotopic (exact) mass is 444 g/mol. The lowest BCUT2D eigenvalue weighted by Crippen LogP contribution is -2.52. The first-order valence-electron chi connectivity index (χ1n) is 10.7. The van der Waals surface area contributed by atoms with Crippen LogP contribution in [0, 0.1) is 5.82 Å². The Morgan fingerprint density at radius 3 is 2.34 bits per heavy atom. The van der Waals surface area contributed by atoms with Crippen molar-refractivity contribution in [3.05, 3.63) is 39.9 Å². The van der Waals surface area contributed by atoms with Crippen molar-refractivity contribution in [1.29, 1.82) is 0 Å². The fourth-order valence-electron chi connectivity index (χ4n) is 4.61. The van der Waals surface area contributed by atoms with Gasteiger partial charge in [-0.2, -0.15) is 0 Å². The molecule has 170 valence electrons. The number of rotatable bonds is 5. The molecule has 1 atom stereocenters. The number of imide groups is 1. The molecular weight excluding hydrogens is 419 g/mol. The number of benzene rings is 1. The summed E-state index contributed by atoms with van der Waals surface area (Å²) >= 11 is 0. The zero-order chi connectivity index (χ0) is 23.2. The van der Waals surface area contributed by atoms with Gasteiger partial charge in [-0.3, -0.25) is 24.2 Å². The Morgan fingerprint density at radius 1 is 1.09 bits per heavy atom. The van der Waals surface area contributed by atoms with E-state index in [2.05, 4.69) is 0 Å². The molecule has 2 amide bonds. The third-order valence-electron chi connectivity index (χ3n) is 6.35. The standard InChI is InChI=1S/C22H25FN4O5/c1-3-24-12-14(22(31)32)20(29)13-9-15(23)17(10-16(13)24)25-5-7-26(8-6-25)18-11-19(28)27(4-2)21(18)30/h9-10,12,18H,3-8,11H2,1-2H3,(H,31,32)/t18-/m1/s1. The average molecular weight is 444 g/mol. The number of hydrogen-bond acceptors (Lipinski definition) is 6. The number of aromatic carboxylic acids is 1. The number of halogens is 1. The van der Waals surface area contributed by atoms with Crippen molar-refractivity contribution in [2.45, 2.75) is 32.9 Å². The number of anilines is 1. The number of pyridine rings is 1. The van der Waals surface area contributed by atoms with Crippen LogP contribution in [0.5, 0.6) is 0 Å². The van der Waals surface area contributed by atoms with E-state index >= 15 is 4.39 Å². The van der Waals surface area contributed by atoms with Crippen molar-refractivity contribution in [1.82, 2.24) is 14.4 Å². The maximum atomic E-state index is 15.0. The molecule has 3 heterocycles. The van der Waals surface area contributed by atoms with Crippen LogP contribution in [0.2, 0.25) is 0 Å². The van der Waals surface area contributed by atoms with E-state index in [4.69, 9.17) is 0 Å². The topological polar surface area (TPSA) is 103 Å². The molecule has 1 N–H and O–H groups in total. The van der Waals surface area contributed by atoms with Crippen molar-refractivity contribution in [2.24, 2.45) is 0 Å². The van der Waals surface area contributed by atoms with Gasteiger partial charge in [0.2, 0.25) is 17.2 Å². The molecule has 1 aromatic carbocycles. The predicted octanol–water partition coefficient (Wildman–Crippen LogP) is 1.13. The summed E-state index contributed by atoms with van der Waals surface area (Å²) < 4.78 is 16.6. The highest BCUT2D eigenvalue weighted by molar-refractivity contribution is 6.05. The van der Waals surface area contributed by atoms with Crippen LogP contribution in [0.4, 0.5) is 10.1 Å². The number of aryl methyl sites for hydroxylation is 1. The molecule has 0 spiro atoms. The van der Waals surface area contributed by atoms with Crippen LogP contribution in [0.1, 0.15) is 30.6 Å². The van der Waals surface area contributed by atoms with Crippen LogP contribution in [-0.2, 0) is 16.1 Å². The lowest BCUT2D eigenvalue weighted by molar-refractivity contribution is -0.139. The Bertz CT molecular complexity index is 1170. The molecule has 0 radical (unpaired) electrons. The van der Waals surface area contributed by atoms with Gasteiger partial charge in [-0.25, -0.2) is 9.18 Å². The van der Waals surface area contributed by atoms with Gasteiger partial charge in [-0.15, -0.1) is 0 Å². The van der Waals surface area contributed by atoms with Gasteiger partial charge in [-0.05, 0) is 26.0 Å². The summed E-state index contributed by atoms with van der Waals surface area (Å²) in [5.74, 6) is -2.29. The predicted molar refractivity (Wildman–Crippen MR) is 115 cm³/mol. The van der Waals surface area contributed by atoms with Crippen LogP contribution in [0.15, 0.2) is 23.1 Å². The van der Waals surface area contributed by atoms with Crippen molar-refractivity contribution in [3.8, 4) is 0 Å². The molecular formula is C22H25FN4O5. The fraction of sp³-hybridized carbons (Fsp3) is 0.455. The molecule has 0 saturated carbocycles. The number of carbonyl (C=O) groups excluding carboxylic acids is 2. The normalized spacial score (nSPS) is 19.9. The van der Waals surface area contributed by atoms with E-state index in [1.165, 1.54) is 11.1 Å². The first-order chi connectivity index (χ1) is 15.3. The molecule has 32 heavy (non-hydrogen) atoms. The maximum absolute atomic E-state index is 15.0. The van der Waals surface area contributed by atoms with Crippen LogP contribution >= 0.6 is 0 Å². The first kappa shape index (κ1) is 21.9. The first-order valence-corrected chi connectivity index (χ1v) is 10.7. The average Bonchev–Trinajstić information content (AvgIpc) is 3.07. The van der Waals surface area contributed by atoms with Crippen LogP contribution in [-0.4, -0.2) is 76.0 Å². The van der Waals surface area contributed by atoms with Crippen molar-refractivity contribution >= 4 is 34.4 Å². The molecule has 0 aliphatic carbocycles. The molecule has 9 nitrogen and oxygen atoms in total. The Morgan fingerprint density at radius 2 is 1.78 bits per heavy atom. The highest BCUT2D eigenvalue weighted by Crippen LogP contribution is 2.28. The van der Waals surface area contributed by atoms with Crippen molar-refractivity contribution in [3.63, 3.8) is 0 Å². The second kappa shape index (κ2) is 8.34. The number of nitrogens with zero attached hydrogens (tertiary/aromatic N) is 4. The third-order valence-corrected chi connectivity index (χ3v) is 6.35. The molecule has 0 bridgehead atoms. The zero-order valence-corrected chi connectivity index (χ0v) is 18.0. The largest absolute Gasteiger partial charge is 0.477 e. The number of carboxylic acids is 1. The lowest BCUT2D eigenvalue weighted by atomic mass is 10.1. The molecule has 2 aromatic rings. The summed E-state index contributed by atoms with van der Waals surface area (Å²) in [7, 11) is 0. The summed E-state index contributed by atoms with van der Waals surface area (Å²) in [4.78, 5) is 53.5. The minimum absolute atomic E-state index is 0.0290. The Labute approximate surface area is 183 Å². The Kier molecular flexibility index (Phi) is 5.72. The maximum Gasteiger partial charge on any atom is 0.341 e. The SMILES string of the molecule is CCN1C(=O)C[C@@H](N2CCN(c3cc4c(cc3F)c(=O)c(C(=O)O)cn4CC)CC2)C1=O. The molecule has 2 aliphatic rings. The van der Waals surface area contributed by atoms with Crippen molar-refractivity contribution in [2.75, 3.05) is 37.6 Å². The number of carbonyl (C=O) groups is 3. The van der Waals surface area contributed by atoms with Gasteiger partial charge < -0.3 is 14.6 Å². The number of hydrogen-bond donors (Lipinski definition) is 1. The van der Waals surface area contributed by atoms with Gasteiger partial charge in [0.25, 0.3) is 0 Å². The van der Waals surface area contributed by atoms with E-state index in [0.29, 0.717) is 50.5 Å². The zero-order valence-electron chi connectivity index (χ0n) is 18.0. The summed E-state index contributed by atoms with van der Waals surface area (Å²) in [5.41, 5.74) is -0.309. The summed E-state index contributed by atoms with van der Waals surface area (Å²) in [6.45, 7) is 6.27. The molecule has 2 fully saturated rings. The third kappa shape index (κ3) is 3.54. The van der Waals surface area contributed by atoms with Crippen molar-refractivity contribution < 1.29 is 23.9 Å². The number of likely N-dealkylation sites (tertiary alicyclic amines) is 1. The van der Waals surface area contributed by atoms with Gasteiger partial charge in [0.05, 0.1) is 23.7 Å². The second-order valence-electron chi connectivity index (χ2n) is 8.00. The number of likely N-dealkylation sites (N-methyl/N-ethyl adjacent to an activating group) is 1. The van der Waals surface area contributed by atoms with E-state index in [9.17, 15) is 24.3 Å². The molecule has 4 rings (SSSR count). The fourth-order valence-corrected chi connectivity index (χ4v) is 4.61. The number of fused-ring (bicyclic) bond motifs is 1. The van der Waals surface area contributed by atoms with E-state index in [0.717, 1.165) is 6.07 Å². The minimum Gasteiger partial charge on any atom is -0.477 e. The van der Waals surface area contributed by atoms with Crippen LogP contribution < -0.4 is 10.3 Å². The number of piperazine rings is 1. The van der Waals surface area contributed by atoms with E-state index in [1.54, 1.807) is 17.6 Å². The number of amides is 2. The van der Waals surface area contributed by atoms with E-state index in [1.807, 2.05) is 16.7 Å². The molecule has 2 saturated heterocycles. The molecule has 1 aromatic heterocycles. The number of aromatic nitrogens is 1. The molecule has 10 heteroatoms. The van der Waals surface area contributed by atoms with E-state index < -0.39 is 28.8 Å². The van der Waals surface area contributed by atoms with Gasteiger partial charge in [0.15, 0.2) is 0 Å². The minimum atomic E-state index is -1.35. The van der Waals surface area contributed by atoms with Gasteiger partial charge in [0.1, 0.15) is 11.4 Å². The smallest absolute Gasteiger partial charge is 0.341 e. The highest BCUT2D eigenvalue weighted by Gasteiger charge is 2.41. The van der Waals surface area contributed by atoms with E-state index in [-0.39, 0.29) is 23.6 Å². The Balaban J connectivity index is 1.60. The highest BCUT2D eigenvalue weighted by atomic mass is 19.1. The summed E-state index contributed by atoms with van der Waals surface area (Å²) in [6.07, 6.45) is 1.46. The second-order valence-corrected chi connectivity index (χ2v) is 8.00. The quantitative estimate of drug-likeness (QED) is 0.690. The summed E-state index contributed by atoms with van der Waals surface area (Å²) in [6, 6.07) is 2.22. The van der Waals surface area contributed by atoms with Gasteiger partial charge in [-0.1, -0.05) is 0 Å². The lowest BCUT2D eigenvalue weighted by Gasteiger charge is -2.38.